The number of rotatable bonds is 5. The lowest BCUT2D eigenvalue weighted by molar-refractivity contribution is -0.116. The van der Waals surface area contributed by atoms with Gasteiger partial charge in [-0.15, -0.1) is 11.6 Å². The van der Waals surface area contributed by atoms with Crippen LogP contribution in [-0.4, -0.2) is 22.0 Å². The topological polar surface area (TPSA) is 77.8 Å². The standard InChI is InChI=1S/C13H14ClN3O2/c14-7-1-2-12(18)15-10-5-3-9(4-6-10)11-8-13(19)17-16-11/h3-6,8H,1-2,7H2,(H,15,18)(H2,16,17,19). The first-order chi connectivity index (χ1) is 9.19. The molecule has 0 saturated carbocycles. The van der Waals surface area contributed by atoms with Gasteiger partial charge in [-0.05, 0) is 24.1 Å². The number of anilines is 1. The Labute approximate surface area is 115 Å². The second-order valence-electron chi connectivity index (χ2n) is 4.09. The van der Waals surface area contributed by atoms with Crippen LogP contribution in [0.15, 0.2) is 35.1 Å². The van der Waals surface area contributed by atoms with Gasteiger partial charge in [-0.3, -0.25) is 19.8 Å². The lowest BCUT2D eigenvalue weighted by Crippen LogP contribution is -2.11. The molecule has 1 amide bonds. The minimum Gasteiger partial charge on any atom is -0.326 e. The predicted molar refractivity (Wildman–Crippen MR) is 75.4 cm³/mol. The molecule has 2 rings (SSSR count). The van der Waals surface area contributed by atoms with Crippen molar-refractivity contribution in [2.45, 2.75) is 12.8 Å². The van der Waals surface area contributed by atoms with Crippen molar-refractivity contribution in [3.05, 3.63) is 40.7 Å². The average molecular weight is 280 g/mol. The number of amides is 1. The number of hydrogen-bond acceptors (Lipinski definition) is 2. The van der Waals surface area contributed by atoms with Gasteiger partial charge in [-0.25, -0.2) is 0 Å². The van der Waals surface area contributed by atoms with Crippen molar-refractivity contribution in [1.82, 2.24) is 10.2 Å². The quantitative estimate of drug-likeness (QED) is 0.735. The lowest BCUT2D eigenvalue weighted by Gasteiger charge is -2.05. The summed E-state index contributed by atoms with van der Waals surface area (Å²) in [7, 11) is 0. The molecule has 100 valence electrons. The number of benzene rings is 1. The molecule has 2 aromatic rings. The normalized spacial score (nSPS) is 10.4. The summed E-state index contributed by atoms with van der Waals surface area (Å²) in [6, 6.07) is 8.72. The van der Waals surface area contributed by atoms with E-state index in [1.54, 1.807) is 12.1 Å². The highest BCUT2D eigenvalue weighted by Gasteiger charge is 2.03. The third-order valence-electron chi connectivity index (χ3n) is 2.61. The summed E-state index contributed by atoms with van der Waals surface area (Å²) >= 11 is 5.53. The molecule has 0 bridgehead atoms. The van der Waals surface area contributed by atoms with Crippen LogP contribution in [0.3, 0.4) is 0 Å². The first kappa shape index (κ1) is 13.4. The number of aromatic amines is 2. The van der Waals surface area contributed by atoms with Gasteiger partial charge in [0.25, 0.3) is 5.56 Å². The van der Waals surface area contributed by atoms with Crippen molar-refractivity contribution >= 4 is 23.2 Å². The molecule has 5 nitrogen and oxygen atoms in total. The van der Waals surface area contributed by atoms with Gasteiger partial charge in [0.1, 0.15) is 0 Å². The average Bonchev–Trinajstić information content (AvgIpc) is 2.84. The second-order valence-corrected chi connectivity index (χ2v) is 4.47. The summed E-state index contributed by atoms with van der Waals surface area (Å²) in [6.07, 6.45) is 1.08. The Kier molecular flexibility index (Phi) is 4.41. The molecule has 0 saturated heterocycles. The Hall–Kier alpha value is -2.01. The molecule has 0 radical (unpaired) electrons. The van der Waals surface area contributed by atoms with Crippen LogP contribution in [0.4, 0.5) is 5.69 Å². The summed E-state index contributed by atoms with van der Waals surface area (Å²) in [6.45, 7) is 0. The van der Waals surface area contributed by atoms with Gasteiger partial charge in [-0.1, -0.05) is 12.1 Å². The summed E-state index contributed by atoms with van der Waals surface area (Å²) in [5.41, 5.74) is 2.14. The van der Waals surface area contributed by atoms with E-state index in [9.17, 15) is 9.59 Å². The maximum Gasteiger partial charge on any atom is 0.264 e. The fourth-order valence-electron chi connectivity index (χ4n) is 1.67. The van der Waals surface area contributed by atoms with E-state index in [1.165, 1.54) is 6.07 Å². The number of aromatic nitrogens is 2. The van der Waals surface area contributed by atoms with E-state index in [1.807, 2.05) is 12.1 Å². The maximum atomic E-state index is 11.5. The predicted octanol–water partition coefficient (Wildman–Crippen LogP) is 2.33. The third kappa shape index (κ3) is 3.72. The zero-order valence-corrected chi connectivity index (χ0v) is 11.0. The Morgan fingerprint density at radius 3 is 2.53 bits per heavy atom. The van der Waals surface area contributed by atoms with Crippen molar-refractivity contribution < 1.29 is 4.79 Å². The highest BCUT2D eigenvalue weighted by atomic mass is 35.5. The summed E-state index contributed by atoms with van der Waals surface area (Å²) in [5, 5.41) is 8.03. The largest absolute Gasteiger partial charge is 0.326 e. The van der Waals surface area contributed by atoms with E-state index in [2.05, 4.69) is 15.5 Å². The fraction of sp³-hybridized carbons (Fsp3) is 0.231. The Morgan fingerprint density at radius 2 is 1.95 bits per heavy atom. The molecule has 0 unspecified atom stereocenters. The van der Waals surface area contributed by atoms with Crippen LogP contribution in [-0.2, 0) is 4.79 Å². The van der Waals surface area contributed by atoms with Crippen LogP contribution >= 0.6 is 11.6 Å². The molecule has 19 heavy (non-hydrogen) atoms. The van der Waals surface area contributed by atoms with Gasteiger partial charge < -0.3 is 5.32 Å². The van der Waals surface area contributed by atoms with Gasteiger partial charge in [0.05, 0.1) is 5.69 Å². The first-order valence-corrected chi connectivity index (χ1v) is 6.46. The molecular weight excluding hydrogens is 266 g/mol. The van der Waals surface area contributed by atoms with E-state index in [4.69, 9.17) is 11.6 Å². The van der Waals surface area contributed by atoms with Crippen LogP contribution < -0.4 is 10.9 Å². The monoisotopic (exact) mass is 279 g/mol. The summed E-state index contributed by atoms with van der Waals surface area (Å²) < 4.78 is 0. The third-order valence-corrected chi connectivity index (χ3v) is 2.88. The van der Waals surface area contributed by atoms with Gasteiger partial charge in [0.2, 0.25) is 5.91 Å². The fourth-order valence-corrected chi connectivity index (χ4v) is 1.81. The molecule has 0 fully saturated rings. The summed E-state index contributed by atoms with van der Waals surface area (Å²) in [5.74, 6) is 0.427. The van der Waals surface area contributed by atoms with Gasteiger partial charge in [-0.2, -0.15) is 0 Å². The highest BCUT2D eigenvalue weighted by molar-refractivity contribution is 6.18. The second kappa shape index (κ2) is 6.24. The summed E-state index contributed by atoms with van der Waals surface area (Å²) in [4.78, 5) is 22.5. The van der Waals surface area contributed by atoms with E-state index < -0.39 is 0 Å². The molecule has 6 heteroatoms. The van der Waals surface area contributed by atoms with Crippen LogP contribution in [0, 0.1) is 0 Å². The van der Waals surface area contributed by atoms with E-state index in [-0.39, 0.29) is 11.5 Å². The Morgan fingerprint density at radius 1 is 1.21 bits per heavy atom. The highest BCUT2D eigenvalue weighted by Crippen LogP contribution is 2.18. The van der Waals surface area contributed by atoms with E-state index >= 15 is 0 Å². The van der Waals surface area contributed by atoms with Gasteiger partial charge >= 0.3 is 0 Å². The van der Waals surface area contributed by atoms with Gasteiger partial charge in [0, 0.05) is 24.1 Å². The SMILES string of the molecule is O=C(CCCCl)Nc1ccc(-c2cc(=O)[nH][nH]2)cc1. The van der Waals surface area contributed by atoms with Crippen LogP contribution in [0.2, 0.25) is 0 Å². The minimum absolute atomic E-state index is 0.0524. The number of H-pyrrole nitrogens is 2. The van der Waals surface area contributed by atoms with Crippen molar-refractivity contribution in [1.29, 1.82) is 0 Å². The molecular formula is C13H14ClN3O2. The smallest absolute Gasteiger partial charge is 0.264 e. The molecule has 0 aliphatic heterocycles. The number of halogens is 1. The molecule has 1 aromatic carbocycles. The number of carbonyl (C=O) groups is 1. The first-order valence-electron chi connectivity index (χ1n) is 5.93. The zero-order chi connectivity index (χ0) is 13.7. The molecule has 0 atom stereocenters. The molecule has 0 aliphatic rings. The lowest BCUT2D eigenvalue weighted by atomic mass is 10.1. The molecule has 3 N–H and O–H groups in total. The Balaban J connectivity index is 2.02. The van der Waals surface area contributed by atoms with E-state index in [0.717, 1.165) is 11.3 Å². The van der Waals surface area contributed by atoms with Crippen LogP contribution in [0.25, 0.3) is 11.3 Å². The molecule has 1 heterocycles. The van der Waals surface area contributed by atoms with Crippen molar-refractivity contribution in [3.63, 3.8) is 0 Å². The number of alkyl halides is 1. The number of carbonyl (C=O) groups excluding carboxylic acids is 1. The van der Waals surface area contributed by atoms with Crippen LogP contribution in [0.1, 0.15) is 12.8 Å². The molecule has 0 spiro atoms. The Bertz CT molecular complexity index is 601. The maximum absolute atomic E-state index is 11.5. The number of nitrogens with one attached hydrogen (secondary N) is 3. The van der Waals surface area contributed by atoms with Crippen LogP contribution in [0.5, 0.6) is 0 Å². The van der Waals surface area contributed by atoms with E-state index in [0.29, 0.717) is 24.4 Å². The van der Waals surface area contributed by atoms with Crippen molar-refractivity contribution in [2.75, 3.05) is 11.2 Å². The zero-order valence-electron chi connectivity index (χ0n) is 10.2. The van der Waals surface area contributed by atoms with Crippen molar-refractivity contribution in [2.24, 2.45) is 0 Å². The number of hydrogen-bond donors (Lipinski definition) is 3. The minimum atomic E-state index is -0.173. The van der Waals surface area contributed by atoms with Gasteiger partial charge in [0.15, 0.2) is 0 Å². The molecule has 0 aliphatic carbocycles. The molecule has 1 aromatic heterocycles. The van der Waals surface area contributed by atoms with Crippen molar-refractivity contribution in [3.8, 4) is 11.3 Å².